The first-order valence-corrected chi connectivity index (χ1v) is 6.93. The van der Waals surface area contributed by atoms with Gasteiger partial charge in [0.15, 0.2) is 10.3 Å². The number of nitrogens with zero attached hydrogens (tertiary/aromatic N) is 1. The molecule has 0 radical (unpaired) electrons. The number of amidine groups is 1. The standard InChI is InChI=1S/C10H10BrN3S2/c11-7-1-3-8(4-2-7)13-9(15)14-10-12-5-6-16-10/h1-4H,5-6H2,(H2,12,13,14,15). The number of thioether (sulfide) groups is 1. The maximum Gasteiger partial charge on any atom is 0.176 e. The fraction of sp³-hybridized carbons (Fsp3) is 0.200. The van der Waals surface area contributed by atoms with E-state index in [0.717, 1.165) is 27.6 Å². The zero-order chi connectivity index (χ0) is 11.4. The minimum atomic E-state index is 0.579. The molecule has 0 atom stereocenters. The van der Waals surface area contributed by atoms with E-state index in [2.05, 4.69) is 31.6 Å². The zero-order valence-corrected chi connectivity index (χ0v) is 11.6. The molecule has 0 unspecified atom stereocenters. The molecule has 0 aliphatic carbocycles. The van der Waals surface area contributed by atoms with Gasteiger partial charge in [-0.3, -0.25) is 4.99 Å². The molecular formula is C10H10BrN3S2. The van der Waals surface area contributed by atoms with Crippen molar-refractivity contribution in [2.45, 2.75) is 0 Å². The molecule has 1 aliphatic rings. The third kappa shape index (κ3) is 3.47. The van der Waals surface area contributed by atoms with Gasteiger partial charge in [-0.15, -0.1) is 0 Å². The van der Waals surface area contributed by atoms with Gasteiger partial charge in [-0.05, 0) is 36.5 Å². The van der Waals surface area contributed by atoms with Crippen molar-refractivity contribution in [3.8, 4) is 0 Å². The van der Waals surface area contributed by atoms with Crippen molar-refractivity contribution < 1.29 is 0 Å². The Labute approximate surface area is 112 Å². The van der Waals surface area contributed by atoms with Crippen molar-refractivity contribution in [2.24, 2.45) is 4.99 Å². The second-order valence-corrected chi connectivity index (χ2v) is 5.53. The summed E-state index contributed by atoms with van der Waals surface area (Å²) in [6.07, 6.45) is 0. The molecule has 84 valence electrons. The van der Waals surface area contributed by atoms with E-state index >= 15 is 0 Å². The molecule has 0 amide bonds. The number of benzene rings is 1. The van der Waals surface area contributed by atoms with Crippen LogP contribution in [0, 0.1) is 0 Å². The van der Waals surface area contributed by atoms with Crippen LogP contribution in [-0.2, 0) is 0 Å². The lowest BCUT2D eigenvalue weighted by Crippen LogP contribution is -2.31. The summed E-state index contributed by atoms with van der Waals surface area (Å²) in [6.45, 7) is 0.869. The summed E-state index contributed by atoms with van der Waals surface area (Å²) >= 11 is 10.2. The van der Waals surface area contributed by atoms with Crippen LogP contribution >= 0.6 is 39.9 Å². The number of anilines is 1. The summed E-state index contributed by atoms with van der Waals surface area (Å²) in [6, 6.07) is 7.85. The average molecular weight is 316 g/mol. The van der Waals surface area contributed by atoms with Crippen molar-refractivity contribution in [3.63, 3.8) is 0 Å². The van der Waals surface area contributed by atoms with E-state index in [0.29, 0.717) is 5.11 Å². The molecule has 3 nitrogen and oxygen atoms in total. The van der Waals surface area contributed by atoms with E-state index in [1.165, 1.54) is 0 Å². The Morgan fingerprint density at radius 2 is 2.06 bits per heavy atom. The van der Waals surface area contributed by atoms with Gasteiger partial charge in [-0.2, -0.15) is 0 Å². The van der Waals surface area contributed by atoms with Gasteiger partial charge < -0.3 is 10.6 Å². The lowest BCUT2D eigenvalue weighted by atomic mass is 10.3. The Bertz CT molecular complexity index is 417. The van der Waals surface area contributed by atoms with Crippen LogP contribution in [0.15, 0.2) is 33.7 Å². The van der Waals surface area contributed by atoms with E-state index in [1.807, 2.05) is 24.3 Å². The molecule has 0 bridgehead atoms. The van der Waals surface area contributed by atoms with Gasteiger partial charge in [0.2, 0.25) is 0 Å². The van der Waals surface area contributed by atoms with E-state index in [9.17, 15) is 0 Å². The topological polar surface area (TPSA) is 36.4 Å². The minimum absolute atomic E-state index is 0.579. The highest BCUT2D eigenvalue weighted by atomic mass is 79.9. The fourth-order valence-electron chi connectivity index (χ4n) is 1.20. The molecule has 6 heteroatoms. The summed E-state index contributed by atoms with van der Waals surface area (Å²) in [5.41, 5.74) is 0.962. The lowest BCUT2D eigenvalue weighted by Gasteiger charge is -2.09. The predicted molar refractivity (Wildman–Crippen MR) is 78.3 cm³/mol. The van der Waals surface area contributed by atoms with Crippen LogP contribution < -0.4 is 10.6 Å². The van der Waals surface area contributed by atoms with Crippen LogP contribution in [0.2, 0.25) is 0 Å². The van der Waals surface area contributed by atoms with Crippen LogP contribution in [0.25, 0.3) is 0 Å². The number of thiocarbonyl (C=S) groups is 1. The van der Waals surface area contributed by atoms with Gasteiger partial charge in [-0.1, -0.05) is 27.7 Å². The second-order valence-electron chi connectivity index (χ2n) is 3.12. The Kier molecular flexibility index (Phi) is 4.20. The predicted octanol–water partition coefficient (Wildman–Crippen LogP) is 2.84. The van der Waals surface area contributed by atoms with Gasteiger partial charge >= 0.3 is 0 Å². The van der Waals surface area contributed by atoms with Crippen molar-refractivity contribution in [2.75, 3.05) is 17.6 Å². The fourth-order valence-corrected chi connectivity index (χ4v) is 2.48. The monoisotopic (exact) mass is 315 g/mol. The number of halogens is 1. The molecule has 0 spiro atoms. The highest BCUT2D eigenvalue weighted by Gasteiger charge is 2.08. The molecule has 0 aromatic heterocycles. The van der Waals surface area contributed by atoms with Crippen LogP contribution in [0.3, 0.4) is 0 Å². The van der Waals surface area contributed by atoms with Gasteiger partial charge in [0, 0.05) is 15.9 Å². The molecule has 2 N–H and O–H groups in total. The third-order valence-corrected chi connectivity index (χ3v) is 3.53. The molecule has 2 rings (SSSR count). The van der Waals surface area contributed by atoms with Gasteiger partial charge in [0.05, 0.1) is 6.54 Å². The average Bonchev–Trinajstić information content (AvgIpc) is 2.74. The van der Waals surface area contributed by atoms with E-state index in [-0.39, 0.29) is 0 Å². The number of nitrogens with one attached hydrogen (secondary N) is 2. The van der Waals surface area contributed by atoms with Crippen LogP contribution in [-0.4, -0.2) is 22.6 Å². The van der Waals surface area contributed by atoms with E-state index in [4.69, 9.17) is 12.2 Å². The summed E-state index contributed by atoms with van der Waals surface area (Å²) in [5, 5.41) is 7.64. The minimum Gasteiger partial charge on any atom is -0.332 e. The maximum atomic E-state index is 5.18. The number of rotatable bonds is 1. The van der Waals surface area contributed by atoms with Crippen LogP contribution in [0.5, 0.6) is 0 Å². The summed E-state index contributed by atoms with van der Waals surface area (Å²) in [4.78, 5) is 4.26. The first-order valence-electron chi connectivity index (χ1n) is 4.75. The summed E-state index contributed by atoms with van der Waals surface area (Å²) in [5.74, 6) is 1.03. The Morgan fingerprint density at radius 3 is 2.69 bits per heavy atom. The van der Waals surface area contributed by atoms with Crippen molar-refractivity contribution >= 4 is 55.9 Å². The number of hydrogen-bond acceptors (Lipinski definition) is 3. The highest BCUT2D eigenvalue weighted by Crippen LogP contribution is 2.14. The molecule has 0 saturated carbocycles. The summed E-state index contributed by atoms with van der Waals surface area (Å²) < 4.78 is 1.05. The lowest BCUT2D eigenvalue weighted by molar-refractivity contribution is 1.16. The van der Waals surface area contributed by atoms with Crippen LogP contribution in [0.4, 0.5) is 5.69 Å². The van der Waals surface area contributed by atoms with E-state index in [1.54, 1.807) is 11.8 Å². The first kappa shape index (κ1) is 11.9. The Balaban J connectivity index is 1.89. The van der Waals surface area contributed by atoms with Crippen molar-refractivity contribution in [1.82, 2.24) is 5.32 Å². The van der Waals surface area contributed by atoms with Crippen molar-refractivity contribution in [3.05, 3.63) is 28.7 Å². The number of aliphatic imine (C=N–C) groups is 1. The summed E-state index contributed by atoms with van der Waals surface area (Å²) in [7, 11) is 0. The Morgan fingerprint density at radius 1 is 1.31 bits per heavy atom. The molecule has 1 aromatic carbocycles. The Hall–Kier alpha value is -0.590. The molecule has 1 aliphatic heterocycles. The largest absolute Gasteiger partial charge is 0.332 e. The van der Waals surface area contributed by atoms with Gasteiger partial charge in [0.25, 0.3) is 0 Å². The highest BCUT2D eigenvalue weighted by molar-refractivity contribution is 9.10. The zero-order valence-electron chi connectivity index (χ0n) is 8.37. The van der Waals surface area contributed by atoms with E-state index < -0.39 is 0 Å². The van der Waals surface area contributed by atoms with Crippen LogP contribution in [0.1, 0.15) is 0 Å². The first-order chi connectivity index (χ1) is 7.74. The number of hydrogen-bond donors (Lipinski definition) is 2. The SMILES string of the molecule is S=C(NC1=NCCS1)Nc1ccc(Br)cc1. The smallest absolute Gasteiger partial charge is 0.176 e. The molecular weight excluding hydrogens is 306 g/mol. The molecule has 16 heavy (non-hydrogen) atoms. The molecule has 0 saturated heterocycles. The maximum absolute atomic E-state index is 5.18. The van der Waals surface area contributed by atoms with Gasteiger partial charge in [-0.25, -0.2) is 0 Å². The second kappa shape index (κ2) is 5.65. The quantitative estimate of drug-likeness (QED) is 0.781. The van der Waals surface area contributed by atoms with Gasteiger partial charge in [0.1, 0.15) is 0 Å². The molecule has 1 heterocycles. The van der Waals surface area contributed by atoms with Crippen molar-refractivity contribution in [1.29, 1.82) is 0 Å². The molecule has 0 fully saturated rings. The normalized spacial score (nSPS) is 14.4. The molecule has 1 aromatic rings. The third-order valence-electron chi connectivity index (χ3n) is 1.91.